The topological polar surface area (TPSA) is 146 Å². The van der Waals surface area contributed by atoms with E-state index in [9.17, 15) is 36.6 Å². The number of hydrogen-bond acceptors (Lipinski definition) is 10. The van der Waals surface area contributed by atoms with Crippen molar-refractivity contribution in [1.29, 1.82) is 0 Å². The smallest absolute Gasteiger partial charge is 0.407 e. The number of amides is 2. The normalized spacial score (nSPS) is 20.1. The molecule has 354 valence electrons. The van der Waals surface area contributed by atoms with Gasteiger partial charge in [0.2, 0.25) is 5.91 Å². The third-order valence-corrected chi connectivity index (χ3v) is 12.6. The zero-order valence-corrected chi connectivity index (χ0v) is 36.4. The molecule has 4 aromatic rings. The van der Waals surface area contributed by atoms with Gasteiger partial charge in [-0.1, -0.05) is 24.0 Å². The number of aliphatic hydroxyl groups excluding tert-OH is 1. The Kier molecular flexibility index (Phi) is 14.9. The van der Waals surface area contributed by atoms with Crippen molar-refractivity contribution >= 4 is 17.8 Å². The third kappa shape index (κ3) is 11.1. The van der Waals surface area contributed by atoms with Crippen molar-refractivity contribution < 1.29 is 54.9 Å². The number of nitrogens with one attached hydrogen (secondary N) is 3. The molecule has 0 spiro atoms. The van der Waals surface area contributed by atoms with Gasteiger partial charge in [-0.15, -0.1) is 0 Å². The molecule has 0 aliphatic carbocycles. The Morgan fingerprint density at radius 1 is 0.939 bits per heavy atom. The van der Waals surface area contributed by atoms with Gasteiger partial charge in [0.05, 0.1) is 37.0 Å². The van der Waals surface area contributed by atoms with Crippen molar-refractivity contribution in [2.24, 2.45) is 5.41 Å². The lowest BCUT2D eigenvalue weighted by atomic mass is 9.82. The number of alkyl halides is 5. The maximum Gasteiger partial charge on any atom is 0.407 e. The van der Waals surface area contributed by atoms with Crippen LogP contribution in [0.3, 0.4) is 0 Å². The van der Waals surface area contributed by atoms with Gasteiger partial charge in [-0.25, -0.2) is 23.2 Å². The summed E-state index contributed by atoms with van der Waals surface area (Å²) in [6.45, 7) is 1.01. The molecule has 3 fully saturated rings. The number of pyridine rings is 1. The van der Waals surface area contributed by atoms with E-state index in [2.05, 4.69) is 42.1 Å². The summed E-state index contributed by atoms with van der Waals surface area (Å²) in [7, 11) is 0.920. The zero-order valence-electron chi connectivity index (χ0n) is 36.4. The van der Waals surface area contributed by atoms with Crippen LogP contribution in [0.15, 0.2) is 67.0 Å². The SMILES string of the molecule is COC(=O)N[C@H](C(=O)N[C@@H](Cc1ccc(C#Cc2ccc(N3CC4CCC(C3)N4[C@@H]3CCOC3)nc2)cc1)[C@@H](O)CNCc1c(F)cc(-c2ccn(C(F)F)n2)cc1F)C(C)(C)C(F)(F)F. The molecule has 2 unspecified atom stereocenters. The van der Waals surface area contributed by atoms with Crippen LogP contribution in [-0.4, -0.2) is 119 Å². The number of aliphatic hydroxyl groups is 1. The first-order valence-corrected chi connectivity index (χ1v) is 21.5. The minimum atomic E-state index is -4.98. The molecular formula is C46H51F7N8O5. The number of methoxy groups -OCH3 is 1. The summed E-state index contributed by atoms with van der Waals surface area (Å²) in [4.78, 5) is 35.5. The maximum absolute atomic E-state index is 15.1. The largest absolute Gasteiger partial charge is 0.453 e. The average Bonchev–Trinajstić information content (AvgIpc) is 4.06. The molecule has 20 heteroatoms. The fraction of sp³-hybridized carbons (Fsp3) is 0.478. The minimum absolute atomic E-state index is 0.0976. The van der Waals surface area contributed by atoms with Gasteiger partial charge in [0.1, 0.15) is 23.5 Å². The van der Waals surface area contributed by atoms with Gasteiger partial charge in [-0.3, -0.25) is 9.69 Å². The van der Waals surface area contributed by atoms with Gasteiger partial charge >= 0.3 is 18.8 Å². The number of fused-ring (bicyclic) bond motifs is 2. The van der Waals surface area contributed by atoms with Crippen molar-refractivity contribution in [2.75, 3.05) is 44.9 Å². The molecule has 0 saturated carbocycles. The lowest BCUT2D eigenvalue weighted by molar-refractivity contribution is -0.220. The molecule has 5 heterocycles. The van der Waals surface area contributed by atoms with Crippen LogP contribution < -0.4 is 20.9 Å². The second-order valence-electron chi connectivity index (χ2n) is 17.3. The molecule has 3 saturated heterocycles. The van der Waals surface area contributed by atoms with Crippen LogP contribution >= 0.6 is 0 Å². The highest BCUT2D eigenvalue weighted by molar-refractivity contribution is 5.87. The first-order chi connectivity index (χ1) is 31.4. The van der Waals surface area contributed by atoms with E-state index in [4.69, 9.17) is 9.72 Å². The highest BCUT2D eigenvalue weighted by Gasteiger charge is 2.56. The third-order valence-electron chi connectivity index (χ3n) is 12.6. The summed E-state index contributed by atoms with van der Waals surface area (Å²) < 4.78 is 109. The number of carbonyl (C=O) groups is 2. The number of piperazine rings is 1. The van der Waals surface area contributed by atoms with Crippen LogP contribution in [0.2, 0.25) is 0 Å². The van der Waals surface area contributed by atoms with Crippen molar-refractivity contribution in [1.82, 2.24) is 35.6 Å². The van der Waals surface area contributed by atoms with Crippen molar-refractivity contribution in [2.45, 2.75) is 95.1 Å². The maximum atomic E-state index is 15.1. The second-order valence-corrected chi connectivity index (χ2v) is 17.3. The van der Waals surface area contributed by atoms with Crippen LogP contribution in [0, 0.1) is 28.9 Å². The van der Waals surface area contributed by atoms with E-state index in [-0.39, 0.29) is 17.7 Å². The second kappa shape index (κ2) is 20.4. The Hall–Kier alpha value is -5.75. The van der Waals surface area contributed by atoms with Crippen LogP contribution in [0.1, 0.15) is 61.9 Å². The van der Waals surface area contributed by atoms with E-state index in [0.29, 0.717) is 39.5 Å². The van der Waals surface area contributed by atoms with E-state index < -0.39 is 78.6 Å². The molecule has 0 radical (unpaired) electrons. The van der Waals surface area contributed by atoms with Crippen LogP contribution in [0.25, 0.3) is 11.3 Å². The van der Waals surface area contributed by atoms with Gasteiger partial charge in [0.25, 0.3) is 0 Å². The fourth-order valence-electron chi connectivity index (χ4n) is 8.72. The van der Waals surface area contributed by atoms with Crippen molar-refractivity contribution in [3.05, 3.63) is 101 Å². The Morgan fingerprint density at radius 3 is 2.18 bits per heavy atom. The van der Waals surface area contributed by atoms with E-state index >= 15 is 8.78 Å². The molecule has 13 nitrogen and oxygen atoms in total. The van der Waals surface area contributed by atoms with Gasteiger partial charge in [-0.2, -0.15) is 27.1 Å². The van der Waals surface area contributed by atoms with Gasteiger partial charge in [0.15, 0.2) is 0 Å². The number of anilines is 1. The van der Waals surface area contributed by atoms with E-state index in [0.717, 1.165) is 90.7 Å². The number of halogens is 7. The first kappa shape index (κ1) is 48.2. The molecule has 7 rings (SSSR count). The molecule has 66 heavy (non-hydrogen) atoms. The van der Waals surface area contributed by atoms with E-state index in [1.165, 1.54) is 6.07 Å². The zero-order chi connectivity index (χ0) is 47.3. The van der Waals surface area contributed by atoms with Crippen LogP contribution in [0.5, 0.6) is 0 Å². The molecule has 3 aliphatic rings. The Labute approximate surface area is 377 Å². The number of hydrogen-bond donors (Lipinski definition) is 4. The summed E-state index contributed by atoms with van der Waals surface area (Å²) in [5.74, 6) is 3.72. The minimum Gasteiger partial charge on any atom is -0.453 e. The standard InChI is InChI=1S/C46H51F7N8O5/c1-45(2,46(51,52)53)41(57-44(64)65-3)42(63)56-38(39(62)23-54-22-34-35(47)19-30(20-36(34)48)37-14-16-60(58-37)43(49)50)18-28-7-4-27(5-8-28)6-9-29-10-13-40(55-21-29)59-24-31-11-12-32(25-59)61(31)33-15-17-66-26-33/h4-5,7-8,10,13-14,16,19-21,31-33,38-39,41,43,54,62H,11-12,15,17-18,22-26H2,1-3H3,(H,56,63)(H,57,64)/t31?,32?,33-,38+,39+,41-/m1/s1. The highest BCUT2D eigenvalue weighted by atomic mass is 19.4. The fourth-order valence-corrected chi connectivity index (χ4v) is 8.72. The molecule has 4 N–H and O–H groups in total. The number of alkyl carbamates (subject to hydrolysis) is 1. The van der Waals surface area contributed by atoms with E-state index in [1.807, 2.05) is 17.4 Å². The number of nitrogens with zero attached hydrogens (tertiary/aromatic N) is 5. The number of ether oxygens (including phenoxy) is 2. The molecule has 2 aromatic heterocycles. The lowest BCUT2D eigenvalue weighted by Crippen LogP contribution is -2.62. The Balaban J connectivity index is 1.02. The summed E-state index contributed by atoms with van der Waals surface area (Å²) >= 11 is 0. The molecule has 3 aliphatic heterocycles. The highest BCUT2D eigenvalue weighted by Crippen LogP contribution is 2.41. The Morgan fingerprint density at radius 2 is 1.61 bits per heavy atom. The van der Waals surface area contributed by atoms with Gasteiger partial charge in [0, 0.05) is 85.6 Å². The number of benzene rings is 2. The molecule has 6 atom stereocenters. The van der Waals surface area contributed by atoms with Crippen LogP contribution in [-0.2, 0) is 27.2 Å². The quantitative estimate of drug-likeness (QED) is 0.0834. The molecule has 2 bridgehead atoms. The van der Waals surface area contributed by atoms with Crippen molar-refractivity contribution in [3.8, 4) is 23.1 Å². The van der Waals surface area contributed by atoms with Crippen molar-refractivity contribution in [3.63, 3.8) is 0 Å². The molecular weight excluding hydrogens is 878 g/mol. The monoisotopic (exact) mass is 928 g/mol. The van der Waals surface area contributed by atoms with Crippen LogP contribution in [0.4, 0.5) is 41.3 Å². The van der Waals surface area contributed by atoms with E-state index in [1.54, 1.807) is 30.5 Å². The number of rotatable bonds is 15. The van der Waals surface area contributed by atoms with Gasteiger partial charge < -0.3 is 35.4 Å². The lowest BCUT2D eigenvalue weighted by Gasteiger charge is -2.44. The molecule has 2 amide bonds. The first-order valence-electron chi connectivity index (χ1n) is 21.5. The van der Waals surface area contributed by atoms with Gasteiger partial charge in [-0.05, 0) is 87.6 Å². The Bertz CT molecular complexity index is 2350. The summed E-state index contributed by atoms with van der Waals surface area (Å²) in [6, 6.07) is 11.5. The summed E-state index contributed by atoms with van der Waals surface area (Å²) in [5.41, 5.74) is -1.64. The predicted octanol–water partition coefficient (Wildman–Crippen LogP) is 5.95. The predicted molar refractivity (Wildman–Crippen MR) is 228 cm³/mol. The average molecular weight is 929 g/mol. The summed E-state index contributed by atoms with van der Waals surface area (Å²) in [5, 5.41) is 22.1. The molecule has 2 aromatic carbocycles. The number of carbonyl (C=O) groups excluding carboxylic acids is 2. The summed E-state index contributed by atoms with van der Waals surface area (Å²) in [6.07, 6.45) is -1.90. The number of aromatic nitrogens is 3.